The molecule has 3 rings (SSSR count). The summed E-state index contributed by atoms with van der Waals surface area (Å²) in [5, 5.41) is 5.97. The molecule has 2 N–H and O–H groups in total. The molecule has 3 aromatic rings. The van der Waals surface area contributed by atoms with Gasteiger partial charge in [-0.05, 0) is 54.5 Å². The molecule has 0 atom stereocenters. The molecule has 0 aliphatic heterocycles. The lowest BCUT2D eigenvalue weighted by Crippen LogP contribution is -2.41. The number of benzene rings is 2. The summed E-state index contributed by atoms with van der Waals surface area (Å²) >= 11 is 5.22. The number of nitrogens with one attached hydrogen (secondary N) is 2. The van der Waals surface area contributed by atoms with Gasteiger partial charge in [-0.3, -0.25) is 4.79 Å². The van der Waals surface area contributed by atoms with E-state index >= 15 is 0 Å². The number of nitrogens with zero attached hydrogens (tertiary/aromatic N) is 1. The van der Waals surface area contributed by atoms with Crippen molar-refractivity contribution >= 4 is 40.0 Å². The fourth-order valence-electron chi connectivity index (χ4n) is 2.46. The summed E-state index contributed by atoms with van der Waals surface area (Å²) < 4.78 is 5.86. The number of carbonyl (C=O) groups excluding carboxylic acids is 1. The molecule has 2 aromatic carbocycles. The summed E-state index contributed by atoms with van der Waals surface area (Å²) in [6.07, 6.45) is 0.995. The summed E-state index contributed by atoms with van der Waals surface area (Å²) in [6, 6.07) is 13.7. The molecule has 140 valence electrons. The summed E-state index contributed by atoms with van der Waals surface area (Å²) in [4.78, 5) is 16.6. The monoisotopic (exact) mass is 381 g/mol. The van der Waals surface area contributed by atoms with Crippen molar-refractivity contribution in [2.45, 2.75) is 34.1 Å². The molecule has 6 heteroatoms. The Morgan fingerprint density at radius 1 is 1.15 bits per heavy atom. The van der Waals surface area contributed by atoms with Gasteiger partial charge in [0.2, 0.25) is 11.8 Å². The summed E-state index contributed by atoms with van der Waals surface area (Å²) in [5.74, 6) is 0.439. The van der Waals surface area contributed by atoms with Crippen LogP contribution in [0.4, 0.5) is 5.69 Å². The second-order valence-corrected chi connectivity index (χ2v) is 7.82. The first-order valence-corrected chi connectivity index (χ1v) is 9.29. The van der Waals surface area contributed by atoms with E-state index in [0.717, 1.165) is 23.2 Å². The van der Waals surface area contributed by atoms with E-state index in [1.54, 1.807) is 0 Å². The number of oxazole rings is 1. The van der Waals surface area contributed by atoms with Gasteiger partial charge in [-0.1, -0.05) is 39.8 Å². The van der Waals surface area contributed by atoms with E-state index in [2.05, 4.69) is 34.7 Å². The van der Waals surface area contributed by atoms with Crippen molar-refractivity contribution < 1.29 is 9.21 Å². The van der Waals surface area contributed by atoms with Crippen molar-refractivity contribution in [1.29, 1.82) is 0 Å². The van der Waals surface area contributed by atoms with E-state index in [1.165, 1.54) is 5.56 Å². The maximum Gasteiger partial charge on any atom is 0.231 e. The molecule has 5 nitrogen and oxygen atoms in total. The van der Waals surface area contributed by atoms with Gasteiger partial charge < -0.3 is 15.1 Å². The van der Waals surface area contributed by atoms with Crippen molar-refractivity contribution in [1.82, 2.24) is 10.3 Å². The standard InChI is InChI=1S/C21H23N3O2S/c1-5-13-6-8-14(9-7-13)18-23-16-12-15(10-11-17(16)26-18)22-20(27)24-19(25)21(2,3)4/h6-12H,5H2,1-4H3,(H2,22,24,25,27). The average molecular weight is 382 g/mol. The number of carbonyl (C=O) groups is 1. The maximum absolute atomic E-state index is 12.0. The van der Waals surface area contributed by atoms with Crippen LogP contribution in [-0.2, 0) is 11.2 Å². The lowest BCUT2D eigenvalue weighted by atomic mass is 9.96. The lowest BCUT2D eigenvalue weighted by molar-refractivity contribution is -0.126. The Labute approximate surface area is 164 Å². The zero-order chi connectivity index (χ0) is 19.6. The molecule has 0 aliphatic rings. The average Bonchev–Trinajstić information content (AvgIpc) is 3.04. The highest BCUT2D eigenvalue weighted by Crippen LogP contribution is 2.26. The van der Waals surface area contributed by atoms with Crippen LogP contribution in [0.15, 0.2) is 46.9 Å². The summed E-state index contributed by atoms with van der Waals surface area (Å²) in [7, 11) is 0. The predicted octanol–water partition coefficient (Wildman–Crippen LogP) is 4.92. The minimum Gasteiger partial charge on any atom is -0.436 e. The smallest absolute Gasteiger partial charge is 0.231 e. The van der Waals surface area contributed by atoms with E-state index < -0.39 is 5.41 Å². The van der Waals surface area contributed by atoms with E-state index in [4.69, 9.17) is 16.6 Å². The Morgan fingerprint density at radius 2 is 1.85 bits per heavy atom. The van der Waals surface area contributed by atoms with Gasteiger partial charge in [0.25, 0.3) is 0 Å². The van der Waals surface area contributed by atoms with Crippen LogP contribution in [0, 0.1) is 5.41 Å². The molecule has 0 aliphatic carbocycles. The molecule has 0 bridgehead atoms. The highest BCUT2D eigenvalue weighted by molar-refractivity contribution is 7.80. The van der Waals surface area contributed by atoms with Gasteiger partial charge in [0, 0.05) is 16.7 Å². The van der Waals surface area contributed by atoms with Gasteiger partial charge in [0.15, 0.2) is 10.7 Å². The number of aromatic nitrogens is 1. The fraction of sp³-hybridized carbons (Fsp3) is 0.286. The van der Waals surface area contributed by atoms with Gasteiger partial charge in [0.1, 0.15) is 5.52 Å². The number of hydrogen-bond donors (Lipinski definition) is 2. The van der Waals surface area contributed by atoms with Crippen LogP contribution in [0.2, 0.25) is 0 Å². The van der Waals surface area contributed by atoms with Crippen molar-refractivity contribution in [2.75, 3.05) is 5.32 Å². The normalized spacial score (nSPS) is 11.4. The molecule has 1 aromatic heterocycles. The van der Waals surface area contributed by atoms with Crippen LogP contribution in [0.3, 0.4) is 0 Å². The third-order valence-corrected chi connectivity index (χ3v) is 4.37. The fourth-order valence-corrected chi connectivity index (χ4v) is 2.68. The molecule has 1 amide bonds. The predicted molar refractivity (Wildman–Crippen MR) is 113 cm³/mol. The Bertz CT molecular complexity index is 985. The topological polar surface area (TPSA) is 67.2 Å². The minimum atomic E-state index is -0.510. The molecule has 0 unspecified atom stereocenters. The van der Waals surface area contributed by atoms with Crippen LogP contribution in [-0.4, -0.2) is 16.0 Å². The molecule has 27 heavy (non-hydrogen) atoms. The number of thiocarbonyl (C=S) groups is 1. The van der Waals surface area contributed by atoms with Crippen molar-refractivity contribution in [3.63, 3.8) is 0 Å². The lowest BCUT2D eigenvalue weighted by Gasteiger charge is -2.18. The van der Waals surface area contributed by atoms with Gasteiger partial charge in [-0.15, -0.1) is 0 Å². The Kier molecular flexibility index (Phi) is 5.28. The van der Waals surface area contributed by atoms with Crippen LogP contribution in [0.25, 0.3) is 22.6 Å². The van der Waals surface area contributed by atoms with Crippen molar-refractivity contribution in [3.05, 3.63) is 48.0 Å². The van der Waals surface area contributed by atoms with Crippen molar-refractivity contribution in [3.8, 4) is 11.5 Å². The quantitative estimate of drug-likeness (QED) is 0.631. The van der Waals surface area contributed by atoms with E-state index in [9.17, 15) is 4.79 Å². The third kappa shape index (κ3) is 4.52. The van der Waals surface area contributed by atoms with E-state index in [-0.39, 0.29) is 11.0 Å². The third-order valence-electron chi connectivity index (χ3n) is 4.16. The molecule has 1 heterocycles. The number of aryl methyl sites for hydroxylation is 1. The van der Waals surface area contributed by atoms with Gasteiger partial charge in [-0.2, -0.15) is 0 Å². The van der Waals surface area contributed by atoms with Crippen LogP contribution < -0.4 is 10.6 Å². The molecular formula is C21H23N3O2S. The number of amides is 1. The van der Waals surface area contributed by atoms with Crippen LogP contribution in [0.1, 0.15) is 33.3 Å². The number of fused-ring (bicyclic) bond motifs is 1. The highest BCUT2D eigenvalue weighted by atomic mass is 32.1. The molecule has 0 spiro atoms. The molecular weight excluding hydrogens is 358 g/mol. The van der Waals surface area contributed by atoms with Gasteiger partial charge in [-0.25, -0.2) is 4.98 Å². The number of anilines is 1. The Morgan fingerprint density at radius 3 is 2.48 bits per heavy atom. The number of hydrogen-bond acceptors (Lipinski definition) is 4. The zero-order valence-corrected chi connectivity index (χ0v) is 16.7. The second kappa shape index (κ2) is 7.48. The van der Waals surface area contributed by atoms with Crippen LogP contribution in [0.5, 0.6) is 0 Å². The first-order valence-electron chi connectivity index (χ1n) is 8.88. The second-order valence-electron chi connectivity index (χ2n) is 7.41. The van der Waals surface area contributed by atoms with E-state index in [1.807, 2.05) is 51.1 Å². The van der Waals surface area contributed by atoms with Gasteiger partial charge in [0.05, 0.1) is 0 Å². The molecule has 0 saturated heterocycles. The summed E-state index contributed by atoms with van der Waals surface area (Å²) in [5.41, 5.74) is 3.85. The zero-order valence-electron chi connectivity index (χ0n) is 15.9. The Balaban J connectivity index is 1.77. The SMILES string of the molecule is CCc1ccc(-c2nc3cc(NC(=S)NC(=O)C(C)(C)C)ccc3o2)cc1. The van der Waals surface area contributed by atoms with Crippen LogP contribution >= 0.6 is 12.2 Å². The van der Waals surface area contributed by atoms with E-state index in [0.29, 0.717) is 11.5 Å². The Hall–Kier alpha value is -2.73. The molecule has 0 fully saturated rings. The van der Waals surface area contributed by atoms with Gasteiger partial charge >= 0.3 is 0 Å². The largest absolute Gasteiger partial charge is 0.436 e. The minimum absolute atomic E-state index is 0.139. The highest BCUT2D eigenvalue weighted by Gasteiger charge is 2.22. The number of rotatable bonds is 3. The molecule has 0 radical (unpaired) electrons. The first kappa shape index (κ1) is 19.0. The first-order chi connectivity index (χ1) is 12.8. The van der Waals surface area contributed by atoms with Crippen molar-refractivity contribution in [2.24, 2.45) is 5.41 Å². The molecule has 0 saturated carbocycles. The maximum atomic E-state index is 12.0. The summed E-state index contributed by atoms with van der Waals surface area (Å²) in [6.45, 7) is 7.63.